The molecule has 0 unspecified atom stereocenters. The third-order valence-electron chi connectivity index (χ3n) is 5.75. The summed E-state index contributed by atoms with van der Waals surface area (Å²) in [4.78, 5) is 0. The van der Waals surface area contributed by atoms with Crippen molar-refractivity contribution in [1.82, 2.24) is 0 Å². The second-order valence-electron chi connectivity index (χ2n) is 8.90. The van der Waals surface area contributed by atoms with Gasteiger partial charge in [0.1, 0.15) is 23.9 Å². The maximum Gasteiger partial charge on any atom is 0.190 e. The summed E-state index contributed by atoms with van der Waals surface area (Å²) in [7, 11) is 0. The van der Waals surface area contributed by atoms with E-state index in [1.807, 2.05) is 58.0 Å². The van der Waals surface area contributed by atoms with Crippen LogP contribution in [0.4, 0.5) is 0 Å². The largest absolute Gasteiger partial charge is 0.396 e. The van der Waals surface area contributed by atoms with Crippen LogP contribution in [-0.4, -0.2) is 60.1 Å². The van der Waals surface area contributed by atoms with E-state index in [1.54, 1.807) is 0 Å². The zero-order chi connectivity index (χ0) is 20.7. The van der Waals surface area contributed by atoms with E-state index in [9.17, 15) is 5.11 Å². The van der Waals surface area contributed by atoms with Crippen molar-refractivity contribution in [3.8, 4) is 0 Å². The Kier molecular flexibility index (Phi) is 5.76. The summed E-state index contributed by atoms with van der Waals surface area (Å²) >= 11 is 0. The lowest BCUT2D eigenvalue weighted by Gasteiger charge is -2.40. The first-order chi connectivity index (χ1) is 13.7. The highest BCUT2D eigenvalue weighted by atomic mass is 16.9. The number of benzene rings is 1. The maximum absolute atomic E-state index is 9.58. The van der Waals surface area contributed by atoms with Crippen molar-refractivity contribution in [1.29, 1.82) is 0 Å². The first kappa shape index (κ1) is 21.2. The first-order valence-electron chi connectivity index (χ1n) is 10.4. The fourth-order valence-corrected chi connectivity index (χ4v) is 4.52. The number of hydrogen-bond donors (Lipinski definition) is 1. The van der Waals surface area contributed by atoms with Crippen LogP contribution in [0.2, 0.25) is 0 Å². The van der Waals surface area contributed by atoms with Gasteiger partial charge in [-0.15, -0.1) is 0 Å². The van der Waals surface area contributed by atoms with Crippen LogP contribution < -0.4 is 0 Å². The maximum atomic E-state index is 9.58. The van der Waals surface area contributed by atoms with E-state index in [0.29, 0.717) is 26.1 Å². The second-order valence-corrected chi connectivity index (χ2v) is 8.90. The van der Waals surface area contributed by atoms with Gasteiger partial charge in [-0.05, 0) is 46.1 Å². The number of aliphatic hydroxyl groups excluding tert-OH is 1. The Morgan fingerprint density at radius 2 is 1.76 bits per heavy atom. The Bertz CT molecular complexity index is 692. The quantitative estimate of drug-likeness (QED) is 0.743. The molecule has 1 N–H and O–H groups in total. The Morgan fingerprint density at radius 3 is 2.41 bits per heavy atom. The molecule has 162 valence electrons. The minimum absolute atomic E-state index is 0.0539. The summed E-state index contributed by atoms with van der Waals surface area (Å²) in [6.07, 6.45) is -0.631. The lowest BCUT2D eigenvalue weighted by molar-refractivity contribution is -0.259. The van der Waals surface area contributed by atoms with Crippen LogP contribution in [0, 0.1) is 0 Å². The first-order valence-corrected chi connectivity index (χ1v) is 10.4. The van der Waals surface area contributed by atoms with Gasteiger partial charge in [-0.1, -0.05) is 30.3 Å². The SMILES string of the molecule is CC1(C)OC[C@@H]([C@H]2O[C@@H]3OC(C)(C)O[C@@H]3[C@]2(CCCO)OCc2ccccc2)O1. The van der Waals surface area contributed by atoms with Crippen LogP contribution in [0.5, 0.6) is 0 Å². The van der Waals surface area contributed by atoms with Crippen molar-refractivity contribution in [2.24, 2.45) is 0 Å². The number of ether oxygens (including phenoxy) is 6. The van der Waals surface area contributed by atoms with Crippen molar-refractivity contribution < 1.29 is 33.5 Å². The molecule has 0 aliphatic carbocycles. The number of fused-ring (bicyclic) bond motifs is 1. The molecule has 3 aliphatic heterocycles. The van der Waals surface area contributed by atoms with E-state index >= 15 is 0 Å². The molecule has 3 fully saturated rings. The topological polar surface area (TPSA) is 75.6 Å². The summed E-state index contributed by atoms with van der Waals surface area (Å²) in [5, 5.41) is 9.58. The Balaban J connectivity index is 1.65. The van der Waals surface area contributed by atoms with Crippen molar-refractivity contribution in [2.75, 3.05) is 13.2 Å². The van der Waals surface area contributed by atoms with Gasteiger partial charge in [-0.3, -0.25) is 0 Å². The molecule has 0 bridgehead atoms. The predicted molar refractivity (Wildman–Crippen MR) is 104 cm³/mol. The van der Waals surface area contributed by atoms with E-state index in [-0.39, 0.29) is 12.7 Å². The predicted octanol–water partition coefficient (Wildman–Crippen LogP) is 2.74. The molecule has 0 spiro atoms. The van der Waals surface area contributed by atoms with Gasteiger partial charge in [0.25, 0.3) is 0 Å². The van der Waals surface area contributed by atoms with E-state index in [0.717, 1.165) is 5.56 Å². The van der Waals surface area contributed by atoms with E-state index in [1.165, 1.54) is 0 Å². The molecule has 3 aliphatic rings. The van der Waals surface area contributed by atoms with Gasteiger partial charge < -0.3 is 33.5 Å². The number of hydrogen-bond acceptors (Lipinski definition) is 7. The van der Waals surface area contributed by atoms with Crippen LogP contribution in [-0.2, 0) is 35.0 Å². The molecule has 1 aromatic carbocycles. The highest BCUT2D eigenvalue weighted by molar-refractivity contribution is 5.15. The molecule has 7 nitrogen and oxygen atoms in total. The highest BCUT2D eigenvalue weighted by Gasteiger charge is 2.67. The summed E-state index contributed by atoms with van der Waals surface area (Å²) in [5.41, 5.74) is 0.228. The van der Waals surface area contributed by atoms with Crippen LogP contribution in [0.3, 0.4) is 0 Å². The molecule has 4 rings (SSSR count). The smallest absolute Gasteiger partial charge is 0.190 e. The molecule has 7 heteroatoms. The summed E-state index contributed by atoms with van der Waals surface area (Å²) in [6.45, 7) is 8.37. The average Bonchev–Trinajstić information content (AvgIpc) is 3.28. The molecule has 3 saturated heterocycles. The van der Waals surface area contributed by atoms with Crippen molar-refractivity contribution in [2.45, 2.75) is 88.9 Å². The molecule has 0 amide bonds. The normalized spacial score (nSPS) is 37.7. The third-order valence-corrected chi connectivity index (χ3v) is 5.75. The van der Waals surface area contributed by atoms with E-state index in [2.05, 4.69) is 0 Å². The zero-order valence-corrected chi connectivity index (χ0v) is 17.6. The van der Waals surface area contributed by atoms with Crippen molar-refractivity contribution in [3.63, 3.8) is 0 Å². The minimum atomic E-state index is -0.828. The standard InChI is InChI=1S/C22H32O7/c1-20(2)24-14-16(27-20)17-22(11-8-12-23,25-13-15-9-6-5-7-10-15)18-19(26-17)29-21(3,4)28-18/h5-7,9-10,16-19,23H,8,11-14H2,1-4H3/t16-,17+,18-,19+,22+/m0/s1. The second kappa shape index (κ2) is 7.89. The fourth-order valence-electron chi connectivity index (χ4n) is 4.52. The van der Waals surface area contributed by atoms with Gasteiger partial charge in [0.05, 0.1) is 13.2 Å². The number of aliphatic hydroxyl groups is 1. The van der Waals surface area contributed by atoms with Crippen LogP contribution in [0.15, 0.2) is 30.3 Å². The molecular formula is C22H32O7. The molecule has 5 atom stereocenters. The van der Waals surface area contributed by atoms with E-state index < -0.39 is 35.7 Å². The molecule has 1 aromatic rings. The van der Waals surface area contributed by atoms with Crippen molar-refractivity contribution >= 4 is 0 Å². The van der Waals surface area contributed by atoms with E-state index in [4.69, 9.17) is 28.4 Å². The van der Waals surface area contributed by atoms with Crippen LogP contribution >= 0.6 is 0 Å². The summed E-state index contributed by atoms with van der Waals surface area (Å²) in [6, 6.07) is 10.00. The molecule has 3 heterocycles. The van der Waals surface area contributed by atoms with Gasteiger partial charge in [0, 0.05) is 6.61 Å². The van der Waals surface area contributed by atoms with Gasteiger partial charge in [0.2, 0.25) is 0 Å². The minimum Gasteiger partial charge on any atom is -0.396 e. The van der Waals surface area contributed by atoms with Crippen LogP contribution in [0.1, 0.15) is 46.1 Å². The molecule has 0 aromatic heterocycles. The Morgan fingerprint density at radius 1 is 1.00 bits per heavy atom. The Hall–Kier alpha value is -1.06. The highest BCUT2D eigenvalue weighted by Crippen LogP contribution is 2.50. The summed E-state index contributed by atoms with van der Waals surface area (Å²) in [5.74, 6) is -1.46. The van der Waals surface area contributed by atoms with Gasteiger partial charge in [-0.2, -0.15) is 0 Å². The van der Waals surface area contributed by atoms with Crippen molar-refractivity contribution in [3.05, 3.63) is 35.9 Å². The average molecular weight is 408 g/mol. The lowest BCUT2D eigenvalue weighted by atomic mass is 9.84. The molecule has 29 heavy (non-hydrogen) atoms. The molecule has 0 radical (unpaired) electrons. The van der Waals surface area contributed by atoms with Gasteiger partial charge >= 0.3 is 0 Å². The summed E-state index contributed by atoms with van der Waals surface area (Å²) < 4.78 is 37.2. The van der Waals surface area contributed by atoms with Crippen LogP contribution in [0.25, 0.3) is 0 Å². The van der Waals surface area contributed by atoms with Gasteiger partial charge in [-0.25, -0.2) is 0 Å². The number of rotatable bonds is 7. The molecule has 0 saturated carbocycles. The fraction of sp³-hybridized carbons (Fsp3) is 0.727. The lowest BCUT2D eigenvalue weighted by Crippen LogP contribution is -2.56. The van der Waals surface area contributed by atoms with Gasteiger partial charge in [0.15, 0.2) is 17.9 Å². The monoisotopic (exact) mass is 408 g/mol. The molecular weight excluding hydrogens is 376 g/mol. The Labute approximate surface area is 172 Å². The third kappa shape index (κ3) is 4.23. The zero-order valence-electron chi connectivity index (χ0n) is 17.6.